The highest BCUT2D eigenvalue weighted by Gasteiger charge is 2.16. The van der Waals surface area contributed by atoms with E-state index in [0.717, 1.165) is 18.6 Å². The first-order valence-electron chi connectivity index (χ1n) is 4.65. The molecule has 76 valence electrons. The molecule has 1 unspecified atom stereocenters. The lowest BCUT2D eigenvalue weighted by Crippen LogP contribution is -2.12. The molecule has 1 fully saturated rings. The Morgan fingerprint density at radius 1 is 1.64 bits per heavy atom. The molecule has 2 rings (SSSR count). The van der Waals surface area contributed by atoms with Crippen molar-refractivity contribution in [2.45, 2.75) is 19.1 Å². The lowest BCUT2D eigenvalue weighted by Gasteiger charge is -2.09. The van der Waals surface area contributed by atoms with Crippen molar-refractivity contribution in [3.8, 4) is 0 Å². The van der Waals surface area contributed by atoms with Crippen molar-refractivity contribution in [2.24, 2.45) is 0 Å². The predicted octanol–water partition coefficient (Wildman–Crippen LogP) is 2.04. The summed E-state index contributed by atoms with van der Waals surface area (Å²) in [7, 11) is 0. The van der Waals surface area contributed by atoms with Gasteiger partial charge >= 0.3 is 0 Å². The van der Waals surface area contributed by atoms with Gasteiger partial charge in [-0.3, -0.25) is 0 Å². The second kappa shape index (κ2) is 4.73. The van der Waals surface area contributed by atoms with Crippen LogP contribution in [0.3, 0.4) is 0 Å². The highest BCUT2D eigenvalue weighted by molar-refractivity contribution is 6.30. The number of hydrogen-bond donors (Lipinski definition) is 0. The van der Waals surface area contributed by atoms with Crippen LogP contribution in [0.2, 0.25) is 5.15 Å². The number of pyridine rings is 1. The Morgan fingerprint density at radius 3 is 3.29 bits per heavy atom. The van der Waals surface area contributed by atoms with E-state index in [1.165, 1.54) is 0 Å². The van der Waals surface area contributed by atoms with Crippen molar-refractivity contribution in [1.29, 1.82) is 0 Å². The summed E-state index contributed by atoms with van der Waals surface area (Å²) in [5.74, 6) is 0. The number of aromatic nitrogens is 1. The molecule has 1 saturated heterocycles. The summed E-state index contributed by atoms with van der Waals surface area (Å²) in [4.78, 5) is 3.98. The van der Waals surface area contributed by atoms with Crippen molar-refractivity contribution in [1.82, 2.24) is 4.98 Å². The average molecular weight is 214 g/mol. The first kappa shape index (κ1) is 9.90. The molecule has 0 spiro atoms. The van der Waals surface area contributed by atoms with Crippen LogP contribution in [0, 0.1) is 0 Å². The molecule has 1 aromatic heterocycles. The van der Waals surface area contributed by atoms with Crippen molar-refractivity contribution >= 4 is 11.6 Å². The molecule has 1 aromatic rings. The Hall–Kier alpha value is -0.640. The van der Waals surface area contributed by atoms with Gasteiger partial charge in [-0.1, -0.05) is 17.7 Å². The quantitative estimate of drug-likeness (QED) is 0.721. The summed E-state index contributed by atoms with van der Waals surface area (Å²) in [6.07, 6.45) is 2.86. The molecule has 1 aliphatic rings. The second-order valence-corrected chi connectivity index (χ2v) is 3.61. The van der Waals surface area contributed by atoms with Gasteiger partial charge in [-0.15, -0.1) is 0 Å². The van der Waals surface area contributed by atoms with Gasteiger partial charge in [0.1, 0.15) is 5.15 Å². The van der Waals surface area contributed by atoms with E-state index < -0.39 is 0 Å². The van der Waals surface area contributed by atoms with Crippen LogP contribution in [-0.2, 0) is 16.1 Å². The van der Waals surface area contributed by atoms with Gasteiger partial charge < -0.3 is 9.47 Å². The fourth-order valence-electron chi connectivity index (χ4n) is 1.38. The highest BCUT2D eigenvalue weighted by Crippen LogP contribution is 2.16. The Balaban J connectivity index is 1.88. The predicted molar refractivity (Wildman–Crippen MR) is 53.3 cm³/mol. The second-order valence-electron chi connectivity index (χ2n) is 3.25. The molecular formula is C10H12ClNO2. The van der Waals surface area contributed by atoms with E-state index in [0.29, 0.717) is 18.4 Å². The van der Waals surface area contributed by atoms with Crippen LogP contribution in [0.4, 0.5) is 0 Å². The summed E-state index contributed by atoms with van der Waals surface area (Å²) in [5, 5.41) is 0.520. The summed E-state index contributed by atoms with van der Waals surface area (Å²) in [6.45, 7) is 2.00. The van der Waals surface area contributed by atoms with Crippen LogP contribution >= 0.6 is 11.6 Å². The molecule has 0 radical (unpaired) electrons. The molecule has 14 heavy (non-hydrogen) atoms. The van der Waals surface area contributed by atoms with E-state index >= 15 is 0 Å². The minimum atomic E-state index is 0.214. The van der Waals surface area contributed by atoms with Gasteiger partial charge in [0.15, 0.2) is 0 Å². The van der Waals surface area contributed by atoms with Crippen molar-refractivity contribution in [2.75, 3.05) is 13.2 Å². The monoisotopic (exact) mass is 213 g/mol. The molecule has 3 nitrogen and oxygen atoms in total. The SMILES string of the molecule is Clc1ncccc1COC1CCOC1. The standard InChI is InChI=1S/C10H12ClNO2/c11-10-8(2-1-4-12-10)6-14-9-3-5-13-7-9/h1-2,4,9H,3,5-7H2. The molecule has 4 heteroatoms. The topological polar surface area (TPSA) is 31.4 Å². The smallest absolute Gasteiger partial charge is 0.134 e. The number of nitrogens with zero attached hydrogens (tertiary/aromatic N) is 1. The van der Waals surface area contributed by atoms with Gasteiger partial charge in [0.05, 0.1) is 19.3 Å². The van der Waals surface area contributed by atoms with Crippen molar-refractivity contribution < 1.29 is 9.47 Å². The van der Waals surface area contributed by atoms with Crippen LogP contribution in [0.5, 0.6) is 0 Å². The van der Waals surface area contributed by atoms with E-state index in [4.69, 9.17) is 21.1 Å². The normalized spacial score (nSPS) is 21.4. The lowest BCUT2D eigenvalue weighted by atomic mass is 10.3. The van der Waals surface area contributed by atoms with Crippen LogP contribution in [0.15, 0.2) is 18.3 Å². The number of rotatable bonds is 3. The Kier molecular flexibility index (Phi) is 3.35. The highest BCUT2D eigenvalue weighted by atomic mass is 35.5. The summed E-state index contributed by atoms with van der Waals surface area (Å²) >= 11 is 5.89. The first-order chi connectivity index (χ1) is 6.86. The van der Waals surface area contributed by atoms with E-state index in [1.807, 2.05) is 12.1 Å². The molecule has 0 saturated carbocycles. The number of halogens is 1. The zero-order chi connectivity index (χ0) is 9.80. The van der Waals surface area contributed by atoms with Gasteiger partial charge in [0, 0.05) is 18.4 Å². The third kappa shape index (κ3) is 2.44. The minimum absolute atomic E-state index is 0.214. The zero-order valence-electron chi connectivity index (χ0n) is 7.78. The lowest BCUT2D eigenvalue weighted by molar-refractivity contribution is 0.0317. The van der Waals surface area contributed by atoms with E-state index in [1.54, 1.807) is 6.20 Å². The van der Waals surface area contributed by atoms with Gasteiger partial charge in [0.2, 0.25) is 0 Å². The molecular weight excluding hydrogens is 202 g/mol. The minimum Gasteiger partial charge on any atom is -0.379 e. The first-order valence-corrected chi connectivity index (χ1v) is 5.03. The molecule has 1 atom stereocenters. The Morgan fingerprint density at radius 2 is 2.57 bits per heavy atom. The maximum Gasteiger partial charge on any atom is 0.134 e. The fraction of sp³-hybridized carbons (Fsp3) is 0.500. The Bertz CT molecular complexity index is 300. The molecule has 0 amide bonds. The van der Waals surface area contributed by atoms with Gasteiger partial charge in [0.25, 0.3) is 0 Å². The van der Waals surface area contributed by atoms with Crippen LogP contribution < -0.4 is 0 Å². The van der Waals surface area contributed by atoms with Gasteiger partial charge in [-0.2, -0.15) is 0 Å². The third-order valence-electron chi connectivity index (χ3n) is 2.20. The zero-order valence-corrected chi connectivity index (χ0v) is 8.54. The van der Waals surface area contributed by atoms with E-state index in [-0.39, 0.29) is 6.10 Å². The van der Waals surface area contributed by atoms with Crippen molar-refractivity contribution in [3.05, 3.63) is 29.0 Å². The van der Waals surface area contributed by atoms with Crippen LogP contribution in [-0.4, -0.2) is 24.3 Å². The van der Waals surface area contributed by atoms with Crippen LogP contribution in [0.25, 0.3) is 0 Å². The van der Waals surface area contributed by atoms with Gasteiger partial charge in [-0.25, -0.2) is 4.98 Å². The van der Waals surface area contributed by atoms with Gasteiger partial charge in [-0.05, 0) is 12.5 Å². The maximum atomic E-state index is 5.89. The largest absolute Gasteiger partial charge is 0.379 e. The molecule has 0 aromatic carbocycles. The molecule has 2 heterocycles. The molecule has 1 aliphatic heterocycles. The summed E-state index contributed by atoms with van der Waals surface area (Å²) < 4.78 is 10.8. The summed E-state index contributed by atoms with van der Waals surface area (Å²) in [6, 6.07) is 3.78. The molecule has 0 bridgehead atoms. The van der Waals surface area contributed by atoms with E-state index in [2.05, 4.69) is 4.98 Å². The number of hydrogen-bond acceptors (Lipinski definition) is 3. The van der Waals surface area contributed by atoms with Crippen molar-refractivity contribution in [3.63, 3.8) is 0 Å². The summed E-state index contributed by atoms with van der Waals surface area (Å²) in [5.41, 5.74) is 0.932. The van der Waals surface area contributed by atoms with E-state index in [9.17, 15) is 0 Å². The Labute approximate surface area is 88.0 Å². The fourth-order valence-corrected chi connectivity index (χ4v) is 1.55. The van der Waals surface area contributed by atoms with Crippen LogP contribution in [0.1, 0.15) is 12.0 Å². The molecule has 0 aliphatic carbocycles. The number of ether oxygens (including phenoxy) is 2. The molecule has 0 N–H and O–H groups in total. The third-order valence-corrected chi connectivity index (χ3v) is 2.54. The maximum absolute atomic E-state index is 5.89. The average Bonchev–Trinajstić information content (AvgIpc) is 2.69.